The van der Waals surface area contributed by atoms with Gasteiger partial charge < -0.3 is 15.8 Å². The van der Waals surface area contributed by atoms with Crippen LogP contribution in [-0.4, -0.2) is 24.6 Å². The predicted molar refractivity (Wildman–Crippen MR) is 79.7 cm³/mol. The smallest absolute Gasteiger partial charge is 0.121 e. The van der Waals surface area contributed by atoms with E-state index in [0.29, 0.717) is 23.1 Å². The molecule has 19 heavy (non-hydrogen) atoms. The van der Waals surface area contributed by atoms with Crippen LogP contribution in [0.1, 0.15) is 25.2 Å². The van der Waals surface area contributed by atoms with Gasteiger partial charge in [-0.25, -0.2) is 0 Å². The van der Waals surface area contributed by atoms with E-state index in [1.165, 1.54) is 6.07 Å². The van der Waals surface area contributed by atoms with Gasteiger partial charge in [-0.1, -0.05) is 6.07 Å². The Morgan fingerprint density at radius 3 is 3.32 bits per heavy atom. The summed E-state index contributed by atoms with van der Waals surface area (Å²) in [5.41, 5.74) is 6.80. The van der Waals surface area contributed by atoms with Crippen LogP contribution in [0.2, 0.25) is 0 Å². The highest BCUT2D eigenvalue weighted by atomic mass is 16.5. The molecule has 2 aromatic rings. The molecule has 1 aromatic carbocycles. The number of nitrogens with one attached hydrogen (secondary N) is 1. The number of nitrogens with zero attached hydrogens (tertiary/aromatic N) is 1. The molecule has 1 atom stereocenters. The average Bonchev–Trinajstić information content (AvgIpc) is 2.48. The van der Waals surface area contributed by atoms with E-state index in [9.17, 15) is 0 Å². The van der Waals surface area contributed by atoms with Crippen LogP contribution in [0.4, 0.5) is 5.69 Å². The molecule has 0 radical (unpaired) electrons. The Kier molecular flexibility index (Phi) is 3.07. The Labute approximate surface area is 119 Å². The van der Waals surface area contributed by atoms with Crippen molar-refractivity contribution in [2.45, 2.75) is 25.8 Å². The maximum atomic E-state index is 8.15. The molecule has 0 saturated heterocycles. The third-order valence-corrected chi connectivity index (χ3v) is 2.95. The van der Waals surface area contributed by atoms with Crippen molar-refractivity contribution in [3.63, 3.8) is 0 Å². The Balaban J connectivity index is 2.43. The number of anilines is 1. The van der Waals surface area contributed by atoms with Gasteiger partial charge in [0, 0.05) is 23.7 Å². The highest BCUT2D eigenvalue weighted by Gasteiger charge is 2.08. The van der Waals surface area contributed by atoms with Gasteiger partial charge in [0.25, 0.3) is 0 Å². The number of aromatic nitrogens is 1. The first-order chi connectivity index (χ1) is 10.8. The van der Waals surface area contributed by atoms with Crippen molar-refractivity contribution in [1.82, 2.24) is 4.98 Å². The number of rotatable bonds is 6. The molecule has 0 aliphatic heterocycles. The maximum Gasteiger partial charge on any atom is 0.121 e. The molecule has 102 valence electrons. The van der Waals surface area contributed by atoms with E-state index in [2.05, 4.69) is 10.3 Å². The van der Waals surface area contributed by atoms with Crippen LogP contribution in [0.15, 0.2) is 30.4 Å². The molecule has 0 amide bonds. The SMILES string of the molecule is [2H]c1c(OC([2H])([2H])[2H])cc(NC(C)CCCN)c2ncccc12. The summed E-state index contributed by atoms with van der Waals surface area (Å²) in [5, 5.41) is 3.85. The normalized spacial score (nSPS) is 16.1. The van der Waals surface area contributed by atoms with Crippen LogP contribution in [0.25, 0.3) is 10.9 Å². The van der Waals surface area contributed by atoms with Gasteiger partial charge in [-0.3, -0.25) is 4.98 Å². The molecule has 1 aromatic heterocycles. The van der Waals surface area contributed by atoms with Crippen molar-refractivity contribution in [2.24, 2.45) is 5.73 Å². The lowest BCUT2D eigenvalue weighted by Crippen LogP contribution is -2.17. The molecular weight excluding hydrogens is 238 g/mol. The number of hydrogen-bond acceptors (Lipinski definition) is 4. The topological polar surface area (TPSA) is 60.2 Å². The van der Waals surface area contributed by atoms with Gasteiger partial charge in [-0.05, 0) is 38.4 Å². The first kappa shape index (κ1) is 9.15. The van der Waals surface area contributed by atoms with Crippen molar-refractivity contribution >= 4 is 16.6 Å². The molecule has 1 heterocycles. The summed E-state index contributed by atoms with van der Waals surface area (Å²) in [4.78, 5) is 4.31. The van der Waals surface area contributed by atoms with E-state index in [-0.39, 0.29) is 17.8 Å². The summed E-state index contributed by atoms with van der Waals surface area (Å²) in [7, 11) is -2.60. The van der Waals surface area contributed by atoms with Crippen molar-refractivity contribution < 1.29 is 10.2 Å². The van der Waals surface area contributed by atoms with Crippen LogP contribution >= 0.6 is 0 Å². The number of fused-ring (bicyclic) bond motifs is 1. The van der Waals surface area contributed by atoms with E-state index < -0.39 is 7.04 Å². The molecular formula is C15H21N3O. The lowest BCUT2D eigenvalue weighted by Gasteiger charge is -2.17. The minimum atomic E-state index is -2.60. The highest BCUT2D eigenvalue weighted by Crippen LogP contribution is 2.28. The fraction of sp³-hybridized carbons (Fsp3) is 0.400. The molecule has 0 saturated carbocycles. The fourth-order valence-corrected chi connectivity index (χ4v) is 2.02. The van der Waals surface area contributed by atoms with Crippen molar-refractivity contribution in [3.8, 4) is 5.75 Å². The molecule has 0 bridgehead atoms. The van der Waals surface area contributed by atoms with Gasteiger partial charge in [-0.15, -0.1) is 0 Å². The number of hydrogen-bond donors (Lipinski definition) is 2. The molecule has 0 aliphatic carbocycles. The Bertz CT molecular complexity index is 676. The molecule has 3 N–H and O–H groups in total. The summed E-state index contributed by atoms with van der Waals surface area (Å²) < 4.78 is 34.9. The second-order valence-corrected chi connectivity index (χ2v) is 4.53. The third kappa shape index (κ3) is 3.35. The summed E-state index contributed by atoms with van der Waals surface area (Å²) >= 11 is 0. The first-order valence-corrected chi connectivity index (χ1v) is 6.36. The molecule has 0 spiro atoms. The monoisotopic (exact) mass is 263 g/mol. The Morgan fingerprint density at radius 1 is 1.63 bits per heavy atom. The predicted octanol–water partition coefficient (Wildman–Crippen LogP) is 2.78. The Hall–Kier alpha value is -1.81. The zero-order valence-corrected chi connectivity index (χ0v) is 10.9. The Morgan fingerprint density at radius 2 is 2.53 bits per heavy atom. The van der Waals surface area contributed by atoms with E-state index >= 15 is 0 Å². The van der Waals surface area contributed by atoms with Crippen LogP contribution in [0, 0.1) is 0 Å². The minimum Gasteiger partial charge on any atom is -0.497 e. The van der Waals surface area contributed by atoms with E-state index in [1.54, 1.807) is 18.3 Å². The molecule has 0 fully saturated rings. The summed E-state index contributed by atoms with van der Waals surface area (Å²) in [6.07, 6.45) is 3.40. The lowest BCUT2D eigenvalue weighted by molar-refractivity contribution is 0.415. The first-order valence-electron chi connectivity index (χ1n) is 8.36. The van der Waals surface area contributed by atoms with Crippen LogP contribution in [0.5, 0.6) is 5.75 Å². The summed E-state index contributed by atoms with van der Waals surface area (Å²) in [6.45, 7) is 2.63. The zero-order valence-electron chi connectivity index (χ0n) is 14.9. The standard InChI is InChI=1S/C15H21N3O/c1-11(5-3-7-16)18-14-10-13(19-2)9-12-6-4-8-17-15(12)14/h4,6,8-11,18H,3,5,7,16H2,1-2H3/i2D3,9D. The number of nitrogens with two attached hydrogens (primary N) is 1. The molecule has 4 heteroatoms. The second-order valence-electron chi connectivity index (χ2n) is 4.53. The minimum absolute atomic E-state index is 0.0130. The van der Waals surface area contributed by atoms with Gasteiger partial charge >= 0.3 is 0 Å². The van der Waals surface area contributed by atoms with Gasteiger partial charge in [0.2, 0.25) is 0 Å². The number of methoxy groups -OCH3 is 1. The zero-order chi connectivity index (χ0) is 17.0. The van der Waals surface area contributed by atoms with Gasteiger partial charge in [0.05, 0.1) is 23.7 Å². The van der Waals surface area contributed by atoms with Gasteiger partial charge in [0.1, 0.15) is 5.75 Å². The maximum absolute atomic E-state index is 8.15. The molecule has 1 unspecified atom stereocenters. The second kappa shape index (κ2) is 6.38. The third-order valence-electron chi connectivity index (χ3n) is 2.95. The quantitative estimate of drug-likeness (QED) is 0.841. The van der Waals surface area contributed by atoms with Crippen molar-refractivity contribution in [2.75, 3.05) is 18.9 Å². The van der Waals surface area contributed by atoms with E-state index in [1.807, 2.05) is 6.92 Å². The molecule has 0 aliphatic rings. The summed E-state index contributed by atoms with van der Waals surface area (Å²) in [6, 6.07) is 5.13. The molecule has 4 nitrogen and oxygen atoms in total. The highest BCUT2D eigenvalue weighted by molar-refractivity contribution is 5.91. The van der Waals surface area contributed by atoms with Gasteiger partial charge in [0.15, 0.2) is 0 Å². The molecule has 2 rings (SSSR count). The van der Waals surface area contributed by atoms with Crippen LogP contribution in [0.3, 0.4) is 0 Å². The largest absolute Gasteiger partial charge is 0.497 e. The van der Waals surface area contributed by atoms with Crippen LogP contribution < -0.4 is 15.8 Å². The number of ether oxygens (including phenoxy) is 1. The lowest BCUT2D eigenvalue weighted by atomic mass is 10.1. The van der Waals surface area contributed by atoms with Crippen LogP contribution in [-0.2, 0) is 0 Å². The van der Waals surface area contributed by atoms with E-state index in [0.717, 1.165) is 12.8 Å². The van der Waals surface area contributed by atoms with Gasteiger partial charge in [-0.2, -0.15) is 0 Å². The van der Waals surface area contributed by atoms with E-state index in [4.69, 9.17) is 16.0 Å². The number of benzene rings is 1. The fourth-order valence-electron chi connectivity index (χ4n) is 2.02. The van der Waals surface area contributed by atoms with Crippen molar-refractivity contribution in [1.29, 1.82) is 0 Å². The average molecular weight is 263 g/mol. The summed E-state index contributed by atoms with van der Waals surface area (Å²) in [5.74, 6) is 0.0130. The van der Waals surface area contributed by atoms with Crippen molar-refractivity contribution in [3.05, 3.63) is 30.4 Å². The number of pyridine rings is 1.